The van der Waals surface area contributed by atoms with Gasteiger partial charge in [0.25, 0.3) is 0 Å². The first kappa shape index (κ1) is 20.9. The molecular weight excluding hydrogens is 399 g/mol. The lowest BCUT2D eigenvalue weighted by atomic mass is 10.1. The van der Waals surface area contributed by atoms with Gasteiger partial charge in [-0.25, -0.2) is 4.39 Å². The van der Waals surface area contributed by atoms with Crippen molar-refractivity contribution >= 4 is 5.91 Å². The molecule has 1 aliphatic heterocycles. The normalized spacial score (nSPS) is 14.6. The fraction of sp³-hybridized carbons (Fsp3) is 0.364. The predicted molar refractivity (Wildman–Crippen MR) is 112 cm³/mol. The number of carbonyl (C=O) groups excluding carboxylic acids is 1. The molecule has 2 aromatic carbocycles. The van der Waals surface area contributed by atoms with Crippen molar-refractivity contribution in [1.29, 1.82) is 0 Å². The number of ether oxygens (including phenoxy) is 1. The van der Waals surface area contributed by atoms with E-state index in [0.29, 0.717) is 44.2 Å². The summed E-state index contributed by atoms with van der Waals surface area (Å²) in [6.07, 6.45) is 0.384. The number of piperazine rings is 1. The predicted octanol–water partition coefficient (Wildman–Crippen LogP) is 2.09. The van der Waals surface area contributed by atoms with Gasteiger partial charge in [-0.15, -0.1) is 5.10 Å². The van der Waals surface area contributed by atoms with E-state index in [4.69, 9.17) is 4.74 Å². The maximum absolute atomic E-state index is 13.2. The van der Waals surface area contributed by atoms with Crippen LogP contribution in [0.25, 0.3) is 5.69 Å². The molecule has 0 saturated carbocycles. The van der Waals surface area contributed by atoms with Crippen molar-refractivity contribution in [3.05, 3.63) is 65.7 Å². The van der Waals surface area contributed by atoms with Crippen LogP contribution in [0, 0.1) is 5.82 Å². The molecule has 0 radical (unpaired) electrons. The van der Waals surface area contributed by atoms with Crippen molar-refractivity contribution in [2.45, 2.75) is 19.9 Å². The van der Waals surface area contributed by atoms with E-state index in [2.05, 4.69) is 20.4 Å². The second-order valence-corrected chi connectivity index (χ2v) is 7.39. The molecule has 8 nitrogen and oxygen atoms in total. The van der Waals surface area contributed by atoms with E-state index in [1.54, 1.807) is 16.8 Å². The van der Waals surface area contributed by atoms with Crippen LogP contribution in [0.1, 0.15) is 18.3 Å². The first-order valence-electron chi connectivity index (χ1n) is 10.4. The van der Waals surface area contributed by atoms with E-state index in [9.17, 15) is 9.18 Å². The van der Waals surface area contributed by atoms with E-state index < -0.39 is 0 Å². The zero-order valence-electron chi connectivity index (χ0n) is 17.4. The first-order valence-corrected chi connectivity index (χ1v) is 10.4. The van der Waals surface area contributed by atoms with Crippen LogP contribution in [0.2, 0.25) is 0 Å². The highest BCUT2D eigenvalue weighted by Gasteiger charge is 2.23. The summed E-state index contributed by atoms with van der Waals surface area (Å²) >= 11 is 0. The molecule has 0 unspecified atom stereocenters. The average molecular weight is 424 g/mol. The van der Waals surface area contributed by atoms with Crippen molar-refractivity contribution in [3.63, 3.8) is 0 Å². The number of amides is 1. The number of halogens is 1. The van der Waals surface area contributed by atoms with Gasteiger partial charge in [0.2, 0.25) is 5.91 Å². The molecule has 31 heavy (non-hydrogen) atoms. The highest BCUT2D eigenvalue weighted by atomic mass is 19.1. The van der Waals surface area contributed by atoms with Crippen molar-refractivity contribution in [3.8, 4) is 11.4 Å². The molecule has 1 saturated heterocycles. The molecule has 1 aliphatic rings. The van der Waals surface area contributed by atoms with Crippen LogP contribution in [0.3, 0.4) is 0 Å². The Labute approximate surface area is 180 Å². The van der Waals surface area contributed by atoms with Crippen molar-refractivity contribution in [2.24, 2.45) is 0 Å². The lowest BCUT2D eigenvalue weighted by Gasteiger charge is -2.34. The molecular formula is C22H25FN6O2. The Morgan fingerprint density at radius 3 is 2.42 bits per heavy atom. The number of hydrogen-bond donors (Lipinski definition) is 0. The Hall–Kier alpha value is -3.33. The van der Waals surface area contributed by atoms with Crippen molar-refractivity contribution < 1.29 is 13.9 Å². The van der Waals surface area contributed by atoms with Crippen LogP contribution in [-0.2, 0) is 17.8 Å². The molecule has 0 spiro atoms. The third kappa shape index (κ3) is 5.24. The van der Waals surface area contributed by atoms with Crippen LogP contribution in [0.5, 0.6) is 5.75 Å². The van der Waals surface area contributed by atoms with Crippen molar-refractivity contribution in [2.75, 3.05) is 32.8 Å². The van der Waals surface area contributed by atoms with Gasteiger partial charge in [0, 0.05) is 26.2 Å². The second-order valence-electron chi connectivity index (χ2n) is 7.39. The minimum Gasteiger partial charge on any atom is -0.494 e. The molecule has 3 aromatic rings. The maximum Gasteiger partial charge on any atom is 0.227 e. The largest absolute Gasteiger partial charge is 0.494 e. The second kappa shape index (κ2) is 9.65. The van der Waals surface area contributed by atoms with Gasteiger partial charge >= 0.3 is 0 Å². The zero-order valence-corrected chi connectivity index (χ0v) is 17.4. The SMILES string of the molecule is CCOc1ccc(CC(=O)N2CCN(Cc3nnnn3-c3ccc(F)cc3)CC2)cc1. The van der Waals surface area contributed by atoms with E-state index in [-0.39, 0.29) is 11.7 Å². The van der Waals surface area contributed by atoms with Crippen LogP contribution < -0.4 is 4.74 Å². The summed E-state index contributed by atoms with van der Waals surface area (Å²) in [5.41, 5.74) is 1.69. The molecule has 1 amide bonds. The summed E-state index contributed by atoms with van der Waals surface area (Å²) in [6.45, 7) is 5.93. The monoisotopic (exact) mass is 424 g/mol. The number of rotatable bonds is 7. The van der Waals surface area contributed by atoms with Gasteiger partial charge in [0.1, 0.15) is 11.6 Å². The number of benzene rings is 2. The maximum atomic E-state index is 13.2. The van der Waals surface area contributed by atoms with Gasteiger partial charge in [-0.2, -0.15) is 4.68 Å². The fourth-order valence-electron chi connectivity index (χ4n) is 3.60. The Morgan fingerprint density at radius 2 is 1.74 bits per heavy atom. The summed E-state index contributed by atoms with van der Waals surface area (Å²) < 4.78 is 20.2. The summed E-state index contributed by atoms with van der Waals surface area (Å²) in [4.78, 5) is 16.8. The number of aromatic nitrogens is 4. The molecule has 162 valence electrons. The van der Waals surface area contributed by atoms with Gasteiger partial charge in [-0.3, -0.25) is 9.69 Å². The zero-order chi connectivity index (χ0) is 21.6. The lowest BCUT2D eigenvalue weighted by molar-refractivity contribution is -0.132. The number of carbonyl (C=O) groups is 1. The Bertz CT molecular complexity index is 998. The van der Waals surface area contributed by atoms with Gasteiger partial charge < -0.3 is 9.64 Å². The topological polar surface area (TPSA) is 76.4 Å². The molecule has 0 bridgehead atoms. The Kier molecular flexibility index (Phi) is 6.51. The molecule has 2 heterocycles. The average Bonchev–Trinajstić information content (AvgIpc) is 3.24. The van der Waals surface area contributed by atoms with Crippen LogP contribution in [0.15, 0.2) is 48.5 Å². The molecule has 1 aromatic heterocycles. The Balaban J connectivity index is 1.30. The number of tetrazole rings is 1. The minimum atomic E-state index is -0.301. The van der Waals surface area contributed by atoms with Gasteiger partial charge in [0.05, 0.1) is 25.3 Å². The third-order valence-corrected chi connectivity index (χ3v) is 5.29. The summed E-state index contributed by atoms with van der Waals surface area (Å²) in [5, 5.41) is 11.9. The number of hydrogen-bond acceptors (Lipinski definition) is 6. The van der Waals surface area contributed by atoms with E-state index in [0.717, 1.165) is 24.4 Å². The smallest absolute Gasteiger partial charge is 0.227 e. The Morgan fingerprint density at radius 1 is 1.03 bits per heavy atom. The van der Waals surface area contributed by atoms with E-state index in [1.807, 2.05) is 36.1 Å². The molecule has 0 atom stereocenters. The number of nitrogens with zero attached hydrogens (tertiary/aromatic N) is 6. The third-order valence-electron chi connectivity index (χ3n) is 5.29. The lowest BCUT2D eigenvalue weighted by Crippen LogP contribution is -2.48. The molecule has 0 aliphatic carbocycles. The highest BCUT2D eigenvalue weighted by molar-refractivity contribution is 5.79. The fourth-order valence-corrected chi connectivity index (χ4v) is 3.60. The van der Waals surface area contributed by atoms with Crippen LogP contribution in [-0.4, -0.2) is 68.7 Å². The quantitative estimate of drug-likeness (QED) is 0.578. The summed E-state index contributed by atoms with van der Waals surface area (Å²) in [7, 11) is 0. The van der Waals surface area contributed by atoms with E-state index in [1.165, 1.54) is 12.1 Å². The highest BCUT2D eigenvalue weighted by Crippen LogP contribution is 2.15. The first-order chi connectivity index (χ1) is 15.1. The standard InChI is InChI=1S/C22H25FN6O2/c1-2-31-20-9-3-17(4-10-20)15-22(30)28-13-11-27(12-14-28)16-21-24-25-26-29(21)19-7-5-18(23)6-8-19/h3-10H,2,11-16H2,1H3. The van der Waals surface area contributed by atoms with Crippen LogP contribution in [0.4, 0.5) is 4.39 Å². The molecule has 0 N–H and O–H groups in total. The van der Waals surface area contributed by atoms with E-state index >= 15 is 0 Å². The molecule has 9 heteroatoms. The van der Waals surface area contributed by atoms with Crippen molar-refractivity contribution in [1.82, 2.24) is 30.0 Å². The van der Waals surface area contributed by atoms with Gasteiger partial charge in [0.15, 0.2) is 5.82 Å². The minimum absolute atomic E-state index is 0.125. The molecule has 1 fully saturated rings. The van der Waals surface area contributed by atoms with Crippen LogP contribution >= 0.6 is 0 Å². The molecule has 4 rings (SSSR count). The summed E-state index contributed by atoms with van der Waals surface area (Å²) in [5.74, 6) is 1.32. The van der Waals surface area contributed by atoms with Gasteiger partial charge in [-0.1, -0.05) is 12.1 Å². The van der Waals surface area contributed by atoms with Gasteiger partial charge in [-0.05, 0) is 59.3 Å². The summed E-state index contributed by atoms with van der Waals surface area (Å²) in [6, 6.07) is 13.7.